The van der Waals surface area contributed by atoms with Crippen molar-refractivity contribution in [2.75, 3.05) is 13.7 Å². The first-order valence-electron chi connectivity index (χ1n) is 9.93. The van der Waals surface area contributed by atoms with Crippen molar-refractivity contribution >= 4 is 11.9 Å². The number of aromatic nitrogens is 1. The number of aromatic hydroxyl groups is 1. The molecule has 0 aliphatic rings. The normalized spacial score (nSPS) is 14.4. The van der Waals surface area contributed by atoms with E-state index in [2.05, 4.69) is 24.1 Å². The van der Waals surface area contributed by atoms with E-state index in [-0.39, 0.29) is 29.2 Å². The fourth-order valence-corrected chi connectivity index (χ4v) is 2.69. The summed E-state index contributed by atoms with van der Waals surface area (Å²) >= 11 is 0. The second-order valence-electron chi connectivity index (χ2n) is 7.81. The van der Waals surface area contributed by atoms with Gasteiger partial charge in [0.2, 0.25) is 0 Å². The molecule has 2 N–H and O–H groups in total. The van der Waals surface area contributed by atoms with Crippen molar-refractivity contribution in [3.8, 4) is 11.5 Å². The zero-order valence-corrected chi connectivity index (χ0v) is 18.4. The predicted octanol–water partition coefficient (Wildman–Crippen LogP) is 2.93. The minimum Gasteiger partial charge on any atom is -0.503 e. The summed E-state index contributed by atoms with van der Waals surface area (Å²) in [6, 6.07) is 0.497. The number of amides is 1. The van der Waals surface area contributed by atoms with E-state index in [0.29, 0.717) is 12.5 Å². The second-order valence-corrected chi connectivity index (χ2v) is 7.81. The summed E-state index contributed by atoms with van der Waals surface area (Å²) in [4.78, 5) is 28.8. The van der Waals surface area contributed by atoms with Gasteiger partial charge in [0.15, 0.2) is 17.2 Å². The van der Waals surface area contributed by atoms with Gasteiger partial charge in [-0.2, -0.15) is 0 Å². The molecule has 0 saturated heterocycles. The van der Waals surface area contributed by atoms with Gasteiger partial charge in [-0.1, -0.05) is 27.7 Å². The van der Waals surface area contributed by atoms with Crippen LogP contribution in [0.1, 0.15) is 58.5 Å². The first-order valence-corrected chi connectivity index (χ1v) is 9.93. The molecule has 0 aliphatic heterocycles. The van der Waals surface area contributed by atoms with Crippen molar-refractivity contribution in [2.45, 2.75) is 66.2 Å². The van der Waals surface area contributed by atoms with E-state index in [1.54, 1.807) is 0 Å². The van der Waals surface area contributed by atoms with Gasteiger partial charge >= 0.3 is 5.97 Å². The minimum atomic E-state index is -0.931. The van der Waals surface area contributed by atoms with Crippen LogP contribution in [0.2, 0.25) is 0 Å². The molecule has 1 heterocycles. The van der Waals surface area contributed by atoms with Crippen LogP contribution >= 0.6 is 0 Å². The number of methoxy groups -OCH3 is 1. The molecule has 29 heavy (non-hydrogen) atoms. The average molecular weight is 411 g/mol. The fourth-order valence-electron chi connectivity index (χ4n) is 2.69. The number of carbonyl (C=O) groups is 2. The number of nitrogens with zero attached hydrogens (tertiary/aromatic N) is 1. The molecule has 8 heteroatoms. The number of hydrogen-bond acceptors (Lipinski definition) is 7. The van der Waals surface area contributed by atoms with E-state index in [0.717, 1.165) is 6.42 Å². The van der Waals surface area contributed by atoms with Crippen LogP contribution in [0.25, 0.3) is 0 Å². The first kappa shape index (κ1) is 24.7. The van der Waals surface area contributed by atoms with Crippen molar-refractivity contribution in [3.05, 3.63) is 18.0 Å². The summed E-state index contributed by atoms with van der Waals surface area (Å²) in [6.45, 7) is 12.1. The van der Waals surface area contributed by atoms with Gasteiger partial charge in [0.05, 0.1) is 13.2 Å². The molecule has 0 saturated carbocycles. The average Bonchev–Trinajstić information content (AvgIpc) is 2.65. The standard InChI is InChI=1S/C21H34N2O6/c1-12(2)9-11-28-15(6)19(13(3)4)29-21(26)14(5)23-20(25)17-18(24)16(27-7)8-10-22-17/h8,10,12-15,19,24H,9,11H2,1-7H3,(H,23,25)/t14-,15-,19?/m0/s1. The Bertz CT molecular complexity index is 677. The van der Waals surface area contributed by atoms with E-state index in [9.17, 15) is 14.7 Å². The van der Waals surface area contributed by atoms with Crippen LogP contribution in [0.5, 0.6) is 11.5 Å². The predicted molar refractivity (Wildman–Crippen MR) is 109 cm³/mol. The van der Waals surface area contributed by atoms with Crippen molar-refractivity contribution in [1.29, 1.82) is 0 Å². The van der Waals surface area contributed by atoms with Crippen molar-refractivity contribution in [3.63, 3.8) is 0 Å². The molecule has 0 bridgehead atoms. The third-order valence-corrected chi connectivity index (χ3v) is 4.47. The van der Waals surface area contributed by atoms with E-state index in [1.165, 1.54) is 26.3 Å². The molecule has 8 nitrogen and oxygen atoms in total. The SMILES string of the molecule is COc1ccnc(C(=O)N[C@@H](C)C(=O)OC(C(C)C)[C@H](C)OCCC(C)C)c1O. The maximum Gasteiger partial charge on any atom is 0.328 e. The van der Waals surface area contributed by atoms with Gasteiger partial charge in [0.25, 0.3) is 5.91 Å². The number of carbonyl (C=O) groups excluding carboxylic acids is 2. The highest BCUT2D eigenvalue weighted by Crippen LogP contribution is 2.27. The van der Waals surface area contributed by atoms with Crippen LogP contribution in [0, 0.1) is 11.8 Å². The Morgan fingerprint density at radius 1 is 1.17 bits per heavy atom. The van der Waals surface area contributed by atoms with Crippen LogP contribution in [0.15, 0.2) is 12.3 Å². The lowest BCUT2D eigenvalue weighted by molar-refractivity contribution is -0.162. The van der Waals surface area contributed by atoms with E-state index in [4.69, 9.17) is 14.2 Å². The lowest BCUT2D eigenvalue weighted by Gasteiger charge is -2.29. The minimum absolute atomic E-state index is 0.0417. The Hall–Kier alpha value is -2.35. The van der Waals surface area contributed by atoms with Crippen molar-refractivity contribution < 1.29 is 28.9 Å². The van der Waals surface area contributed by atoms with E-state index >= 15 is 0 Å². The second kappa shape index (κ2) is 11.6. The van der Waals surface area contributed by atoms with Crippen LogP contribution in [-0.2, 0) is 14.3 Å². The van der Waals surface area contributed by atoms with Gasteiger partial charge < -0.3 is 24.6 Å². The fraction of sp³-hybridized carbons (Fsp3) is 0.667. The van der Waals surface area contributed by atoms with Gasteiger partial charge in [0.1, 0.15) is 12.1 Å². The quantitative estimate of drug-likeness (QED) is 0.540. The van der Waals surface area contributed by atoms with Crippen LogP contribution < -0.4 is 10.1 Å². The van der Waals surface area contributed by atoms with Crippen LogP contribution in [-0.4, -0.2) is 53.9 Å². The third kappa shape index (κ3) is 7.53. The molecule has 0 spiro atoms. The number of esters is 1. The monoisotopic (exact) mass is 410 g/mol. The molecule has 1 aromatic rings. The van der Waals surface area contributed by atoms with Gasteiger partial charge in [-0.25, -0.2) is 9.78 Å². The topological polar surface area (TPSA) is 107 Å². The molecule has 3 atom stereocenters. The first-order chi connectivity index (χ1) is 13.6. The van der Waals surface area contributed by atoms with Gasteiger partial charge in [-0.3, -0.25) is 4.79 Å². The van der Waals surface area contributed by atoms with E-state index in [1.807, 2.05) is 20.8 Å². The smallest absolute Gasteiger partial charge is 0.328 e. The van der Waals surface area contributed by atoms with Crippen molar-refractivity contribution in [1.82, 2.24) is 10.3 Å². The molecular formula is C21H34N2O6. The van der Waals surface area contributed by atoms with Gasteiger partial charge in [-0.15, -0.1) is 0 Å². The summed E-state index contributed by atoms with van der Waals surface area (Å²) in [5.74, 6) is -0.987. The molecule has 1 aromatic heterocycles. The van der Waals surface area contributed by atoms with Gasteiger partial charge in [0, 0.05) is 18.9 Å². The Balaban J connectivity index is 2.72. The molecule has 164 valence electrons. The molecule has 0 fully saturated rings. The zero-order chi connectivity index (χ0) is 22.1. The summed E-state index contributed by atoms with van der Waals surface area (Å²) in [5, 5.41) is 12.5. The summed E-state index contributed by atoms with van der Waals surface area (Å²) in [5.41, 5.74) is -0.227. The highest BCUT2D eigenvalue weighted by molar-refractivity contribution is 5.97. The summed E-state index contributed by atoms with van der Waals surface area (Å²) < 4.78 is 16.4. The summed E-state index contributed by atoms with van der Waals surface area (Å²) in [7, 11) is 1.37. The maximum absolute atomic E-state index is 12.5. The number of hydrogen-bond donors (Lipinski definition) is 2. The van der Waals surface area contributed by atoms with Crippen LogP contribution in [0.3, 0.4) is 0 Å². The Morgan fingerprint density at radius 3 is 2.38 bits per heavy atom. The molecular weight excluding hydrogens is 376 g/mol. The Kier molecular flexibility index (Phi) is 9.88. The van der Waals surface area contributed by atoms with E-state index < -0.39 is 24.0 Å². The molecule has 1 unspecified atom stereocenters. The number of rotatable bonds is 11. The highest BCUT2D eigenvalue weighted by atomic mass is 16.6. The molecule has 0 aliphatic carbocycles. The van der Waals surface area contributed by atoms with Crippen LogP contribution in [0.4, 0.5) is 0 Å². The number of pyridine rings is 1. The summed E-state index contributed by atoms with van der Waals surface area (Å²) in [6.07, 6.45) is 1.54. The number of nitrogens with one attached hydrogen (secondary N) is 1. The Labute approximate surface area is 172 Å². The maximum atomic E-state index is 12.5. The Morgan fingerprint density at radius 2 is 1.83 bits per heavy atom. The lowest BCUT2D eigenvalue weighted by Crippen LogP contribution is -2.44. The molecule has 0 aromatic carbocycles. The zero-order valence-electron chi connectivity index (χ0n) is 18.4. The number of ether oxygens (including phenoxy) is 3. The lowest BCUT2D eigenvalue weighted by atomic mass is 10.0. The molecule has 0 radical (unpaired) electrons. The van der Waals surface area contributed by atoms with Crippen molar-refractivity contribution in [2.24, 2.45) is 11.8 Å². The third-order valence-electron chi connectivity index (χ3n) is 4.47. The van der Waals surface area contributed by atoms with Gasteiger partial charge in [-0.05, 0) is 32.1 Å². The molecule has 1 rings (SSSR count). The molecule has 1 amide bonds. The largest absolute Gasteiger partial charge is 0.503 e. The highest BCUT2D eigenvalue weighted by Gasteiger charge is 2.29.